The highest BCUT2D eigenvalue weighted by molar-refractivity contribution is 5.95. The molecule has 1 aromatic rings. The van der Waals surface area contributed by atoms with Crippen LogP contribution in [0.3, 0.4) is 0 Å². The van der Waals surface area contributed by atoms with Crippen molar-refractivity contribution < 1.29 is 14.3 Å². The molecule has 1 aliphatic rings. The van der Waals surface area contributed by atoms with Crippen LogP contribution in [0.4, 0.5) is 5.69 Å². The maximum absolute atomic E-state index is 11.6. The Kier molecular flexibility index (Phi) is 2.88. The van der Waals surface area contributed by atoms with Crippen molar-refractivity contribution in [1.29, 1.82) is 5.26 Å². The fourth-order valence-corrected chi connectivity index (χ4v) is 1.79. The molecular weight excluding hydrogens is 220 g/mol. The number of likely N-dealkylation sites (N-methyl/N-ethyl adjacent to an activating group) is 1. The summed E-state index contributed by atoms with van der Waals surface area (Å²) in [5, 5.41) is 8.95. The lowest BCUT2D eigenvalue weighted by Gasteiger charge is -2.32. The molecule has 0 aromatic heterocycles. The van der Waals surface area contributed by atoms with E-state index in [-0.39, 0.29) is 12.6 Å². The molecule has 0 aliphatic carbocycles. The van der Waals surface area contributed by atoms with Crippen molar-refractivity contribution in [3.05, 3.63) is 23.8 Å². The average Bonchev–Trinajstić information content (AvgIpc) is 2.38. The van der Waals surface area contributed by atoms with Gasteiger partial charge in [0.1, 0.15) is 12.2 Å². The molecule has 0 spiro atoms. The Hall–Kier alpha value is -2.22. The third kappa shape index (κ3) is 1.78. The summed E-state index contributed by atoms with van der Waals surface area (Å²) in [6.45, 7) is 0.244. The molecule has 5 nitrogen and oxygen atoms in total. The minimum Gasteiger partial charge on any atom is -0.487 e. The van der Waals surface area contributed by atoms with E-state index in [0.717, 1.165) is 5.69 Å². The summed E-state index contributed by atoms with van der Waals surface area (Å²) in [5.74, 6) is 0.0407. The molecule has 1 aliphatic heterocycles. The van der Waals surface area contributed by atoms with E-state index < -0.39 is 5.97 Å². The maximum atomic E-state index is 11.6. The maximum Gasteiger partial charge on any atom is 0.341 e. The molecule has 2 rings (SSSR count). The first-order valence-corrected chi connectivity index (χ1v) is 5.15. The lowest BCUT2D eigenvalue weighted by molar-refractivity contribution is 0.0595. The van der Waals surface area contributed by atoms with Crippen molar-refractivity contribution in [2.75, 3.05) is 25.7 Å². The normalized spacial score (nSPS) is 17.7. The van der Waals surface area contributed by atoms with Crippen molar-refractivity contribution in [3.8, 4) is 11.8 Å². The fraction of sp³-hybridized carbons (Fsp3) is 0.333. The Bertz CT molecular complexity index is 493. The third-order valence-corrected chi connectivity index (χ3v) is 2.78. The molecule has 5 heteroatoms. The number of ether oxygens (including phenoxy) is 2. The average molecular weight is 232 g/mol. The van der Waals surface area contributed by atoms with E-state index in [9.17, 15) is 4.79 Å². The molecule has 0 saturated heterocycles. The molecular formula is C12H12N2O3. The predicted octanol–water partition coefficient (Wildman–Crippen LogP) is 1.19. The zero-order valence-corrected chi connectivity index (χ0v) is 9.64. The number of rotatable bonds is 1. The minimum atomic E-state index is -0.439. The van der Waals surface area contributed by atoms with Crippen LogP contribution in [0.15, 0.2) is 18.2 Å². The molecule has 17 heavy (non-hydrogen) atoms. The largest absolute Gasteiger partial charge is 0.487 e. The van der Waals surface area contributed by atoms with Gasteiger partial charge in [0.25, 0.3) is 0 Å². The lowest BCUT2D eigenvalue weighted by Crippen LogP contribution is -2.39. The highest BCUT2D eigenvalue weighted by Gasteiger charge is 2.28. The number of para-hydroxylation sites is 1. The number of fused-ring (bicyclic) bond motifs is 1. The van der Waals surface area contributed by atoms with E-state index in [1.807, 2.05) is 6.07 Å². The second-order valence-corrected chi connectivity index (χ2v) is 3.71. The first-order valence-electron chi connectivity index (χ1n) is 5.15. The van der Waals surface area contributed by atoms with Gasteiger partial charge in [-0.05, 0) is 12.1 Å². The number of carbonyl (C=O) groups is 1. The van der Waals surface area contributed by atoms with Crippen LogP contribution in [-0.4, -0.2) is 32.8 Å². The monoisotopic (exact) mass is 232 g/mol. The van der Waals surface area contributed by atoms with E-state index in [0.29, 0.717) is 11.3 Å². The summed E-state index contributed by atoms with van der Waals surface area (Å²) in [5.41, 5.74) is 1.11. The van der Waals surface area contributed by atoms with E-state index in [1.54, 1.807) is 24.1 Å². The van der Waals surface area contributed by atoms with Crippen molar-refractivity contribution >= 4 is 11.7 Å². The molecule has 0 radical (unpaired) electrons. The summed E-state index contributed by atoms with van der Waals surface area (Å²) in [6, 6.07) is 7.00. The molecule has 0 fully saturated rings. The molecule has 1 heterocycles. The van der Waals surface area contributed by atoms with Gasteiger partial charge in [-0.1, -0.05) is 6.07 Å². The Morgan fingerprint density at radius 1 is 1.65 bits per heavy atom. The number of esters is 1. The highest BCUT2D eigenvalue weighted by atomic mass is 16.5. The van der Waals surface area contributed by atoms with Crippen molar-refractivity contribution in [1.82, 2.24) is 0 Å². The van der Waals surface area contributed by atoms with E-state index in [1.165, 1.54) is 7.11 Å². The van der Waals surface area contributed by atoms with Crippen LogP contribution in [0.5, 0.6) is 5.75 Å². The summed E-state index contributed by atoms with van der Waals surface area (Å²) >= 11 is 0. The Morgan fingerprint density at radius 3 is 3.06 bits per heavy atom. The standard InChI is InChI=1S/C12H12N2O3/c1-14-8(6-13)7-17-11-9(12(15)16-2)4-3-5-10(11)14/h3-5,8H,7H2,1-2H3. The van der Waals surface area contributed by atoms with Crippen LogP contribution in [0.2, 0.25) is 0 Å². The Labute approximate surface area is 99.2 Å². The van der Waals surface area contributed by atoms with Crippen LogP contribution >= 0.6 is 0 Å². The van der Waals surface area contributed by atoms with Gasteiger partial charge in [-0.15, -0.1) is 0 Å². The van der Waals surface area contributed by atoms with Gasteiger partial charge in [0.2, 0.25) is 0 Å². The zero-order chi connectivity index (χ0) is 12.4. The Balaban J connectivity index is 2.48. The summed E-state index contributed by atoms with van der Waals surface area (Å²) in [4.78, 5) is 13.4. The molecule has 1 aromatic carbocycles. The van der Waals surface area contributed by atoms with Crippen molar-refractivity contribution in [2.45, 2.75) is 6.04 Å². The van der Waals surface area contributed by atoms with Crippen LogP contribution in [0.1, 0.15) is 10.4 Å². The molecule has 1 unspecified atom stereocenters. The molecule has 0 amide bonds. The quantitative estimate of drug-likeness (QED) is 0.681. The van der Waals surface area contributed by atoms with Gasteiger partial charge in [-0.2, -0.15) is 5.26 Å². The summed E-state index contributed by atoms with van der Waals surface area (Å²) in [7, 11) is 3.13. The molecule has 1 atom stereocenters. The number of hydrogen-bond donors (Lipinski definition) is 0. The van der Waals surface area contributed by atoms with Gasteiger partial charge in [0.05, 0.1) is 18.9 Å². The van der Waals surface area contributed by atoms with Crippen molar-refractivity contribution in [3.63, 3.8) is 0 Å². The summed E-state index contributed by atoms with van der Waals surface area (Å²) in [6.07, 6.45) is 0. The van der Waals surface area contributed by atoms with Crippen molar-refractivity contribution in [2.24, 2.45) is 0 Å². The fourth-order valence-electron chi connectivity index (χ4n) is 1.79. The van der Waals surface area contributed by atoms with E-state index in [4.69, 9.17) is 10.00 Å². The first-order chi connectivity index (χ1) is 8.19. The van der Waals surface area contributed by atoms with Gasteiger partial charge in [0, 0.05) is 7.05 Å². The number of methoxy groups -OCH3 is 1. The Morgan fingerprint density at radius 2 is 2.41 bits per heavy atom. The second kappa shape index (κ2) is 4.34. The number of benzene rings is 1. The summed E-state index contributed by atoms with van der Waals surface area (Å²) < 4.78 is 10.2. The van der Waals surface area contributed by atoms with Gasteiger partial charge in [-0.3, -0.25) is 0 Å². The second-order valence-electron chi connectivity index (χ2n) is 3.71. The molecule has 0 saturated carbocycles. The molecule has 0 bridgehead atoms. The molecule has 88 valence electrons. The van der Waals surface area contributed by atoms with E-state index in [2.05, 4.69) is 10.8 Å². The van der Waals surface area contributed by atoms with Crippen LogP contribution in [-0.2, 0) is 4.74 Å². The SMILES string of the molecule is COC(=O)c1cccc2c1OCC(C#N)N2C. The number of anilines is 1. The highest BCUT2D eigenvalue weighted by Crippen LogP contribution is 2.36. The zero-order valence-electron chi connectivity index (χ0n) is 9.64. The van der Waals surface area contributed by atoms with Crippen LogP contribution in [0, 0.1) is 11.3 Å². The number of carbonyl (C=O) groups excluding carboxylic acids is 1. The minimum absolute atomic E-state index is 0.244. The van der Waals surface area contributed by atoms with Gasteiger partial charge in [-0.25, -0.2) is 4.79 Å². The van der Waals surface area contributed by atoms with Crippen LogP contribution in [0.25, 0.3) is 0 Å². The first kappa shape index (κ1) is 11.3. The van der Waals surface area contributed by atoms with Gasteiger partial charge in [0.15, 0.2) is 11.8 Å². The smallest absolute Gasteiger partial charge is 0.341 e. The predicted molar refractivity (Wildman–Crippen MR) is 61.1 cm³/mol. The number of nitrogens with zero attached hydrogens (tertiary/aromatic N) is 2. The molecule has 0 N–H and O–H groups in total. The third-order valence-electron chi connectivity index (χ3n) is 2.78. The van der Waals surface area contributed by atoms with Gasteiger partial charge >= 0.3 is 5.97 Å². The number of hydrogen-bond acceptors (Lipinski definition) is 5. The lowest BCUT2D eigenvalue weighted by atomic mass is 10.1. The van der Waals surface area contributed by atoms with Crippen LogP contribution < -0.4 is 9.64 Å². The topological polar surface area (TPSA) is 62.6 Å². The van der Waals surface area contributed by atoms with Gasteiger partial charge < -0.3 is 14.4 Å². The van der Waals surface area contributed by atoms with E-state index >= 15 is 0 Å². The number of nitriles is 1.